The summed E-state index contributed by atoms with van der Waals surface area (Å²) in [7, 11) is 0. The smallest absolute Gasteiger partial charge is 0.247 e. The molecule has 0 spiro atoms. The van der Waals surface area contributed by atoms with E-state index >= 15 is 0 Å². The summed E-state index contributed by atoms with van der Waals surface area (Å²) >= 11 is 0. The molecule has 0 aromatic heterocycles. The first-order valence-corrected chi connectivity index (χ1v) is 6.83. The highest BCUT2D eigenvalue weighted by molar-refractivity contribution is 6.05. The molecular formula is C13H22N2O3. The van der Waals surface area contributed by atoms with Crippen LogP contribution in [0.25, 0.3) is 0 Å². The van der Waals surface area contributed by atoms with Crippen molar-refractivity contribution in [1.29, 1.82) is 0 Å². The molecule has 0 radical (unpaired) electrons. The Hall–Kier alpha value is -0.940. The number of hydrogen-bond donors (Lipinski definition) is 1. The predicted molar refractivity (Wildman–Crippen MR) is 67.0 cm³/mol. The van der Waals surface area contributed by atoms with E-state index in [1.165, 1.54) is 4.90 Å². The molecule has 2 fully saturated rings. The molecule has 0 saturated carbocycles. The second kappa shape index (κ2) is 5.80. The molecule has 2 saturated heterocycles. The molecule has 2 aliphatic heterocycles. The van der Waals surface area contributed by atoms with Crippen LogP contribution in [-0.4, -0.2) is 48.1 Å². The lowest BCUT2D eigenvalue weighted by Gasteiger charge is -2.26. The molecular weight excluding hydrogens is 232 g/mol. The van der Waals surface area contributed by atoms with Crippen molar-refractivity contribution in [3.8, 4) is 0 Å². The number of carbonyl (C=O) groups excluding carboxylic acids is 2. The number of amides is 2. The number of hydrogen-bond acceptors (Lipinski definition) is 4. The maximum Gasteiger partial charge on any atom is 0.247 e. The van der Waals surface area contributed by atoms with Crippen molar-refractivity contribution in [3.05, 3.63) is 0 Å². The number of rotatable bonds is 4. The first-order chi connectivity index (χ1) is 8.63. The summed E-state index contributed by atoms with van der Waals surface area (Å²) in [6.07, 6.45) is 2.95. The molecule has 2 atom stereocenters. The van der Waals surface area contributed by atoms with Gasteiger partial charge in [-0.15, -0.1) is 0 Å². The van der Waals surface area contributed by atoms with Crippen LogP contribution in [0.5, 0.6) is 0 Å². The van der Waals surface area contributed by atoms with Gasteiger partial charge in [0.1, 0.15) is 0 Å². The zero-order valence-corrected chi connectivity index (χ0v) is 11.1. The Kier molecular flexibility index (Phi) is 4.35. The molecule has 0 aliphatic carbocycles. The van der Waals surface area contributed by atoms with Crippen molar-refractivity contribution >= 4 is 11.8 Å². The van der Waals surface area contributed by atoms with E-state index in [4.69, 9.17) is 4.74 Å². The fourth-order valence-corrected chi connectivity index (χ4v) is 2.58. The number of likely N-dealkylation sites (tertiary alicyclic amines) is 1. The standard InChI is InChI=1S/C13H22N2O3/c1-3-9(2)15-12(16)8-11(13(15)17)14-10-4-6-18-7-5-10/h9-11,14H,3-8H2,1-2H3. The van der Waals surface area contributed by atoms with Gasteiger partial charge in [-0.3, -0.25) is 14.5 Å². The Labute approximate surface area is 108 Å². The Morgan fingerprint density at radius 2 is 2.06 bits per heavy atom. The maximum absolute atomic E-state index is 12.2. The second-order valence-corrected chi connectivity index (χ2v) is 5.17. The molecule has 1 N–H and O–H groups in total. The van der Waals surface area contributed by atoms with Gasteiger partial charge in [0, 0.05) is 25.3 Å². The number of nitrogens with zero attached hydrogens (tertiary/aromatic N) is 1. The topological polar surface area (TPSA) is 58.6 Å². The lowest BCUT2D eigenvalue weighted by Crippen LogP contribution is -2.47. The monoisotopic (exact) mass is 254 g/mol. The summed E-state index contributed by atoms with van der Waals surface area (Å²) in [5, 5.41) is 3.31. The average Bonchev–Trinajstić information content (AvgIpc) is 2.65. The fraction of sp³-hybridized carbons (Fsp3) is 0.846. The maximum atomic E-state index is 12.2. The van der Waals surface area contributed by atoms with Crippen LogP contribution in [-0.2, 0) is 14.3 Å². The van der Waals surface area contributed by atoms with E-state index in [-0.39, 0.29) is 23.9 Å². The zero-order chi connectivity index (χ0) is 13.1. The summed E-state index contributed by atoms with van der Waals surface area (Å²) in [4.78, 5) is 25.5. The van der Waals surface area contributed by atoms with E-state index < -0.39 is 0 Å². The average molecular weight is 254 g/mol. The Morgan fingerprint density at radius 1 is 1.39 bits per heavy atom. The third kappa shape index (κ3) is 2.72. The molecule has 102 valence electrons. The first-order valence-electron chi connectivity index (χ1n) is 6.83. The summed E-state index contributed by atoms with van der Waals surface area (Å²) in [6, 6.07) is -0.0153. The van der Waals surface area contributed by atoms with Crippen LogP contribution in [0.15, 0.2) is 0 Å². The summed E-state index contributed by atoms with van der Waals surface area (Å²) in [5.74, 6) is -0.0975. The second-order valence-electron chi connectivity index (χ2n) is 5.17. The molecule has 5 heteroatoms. The van der Waals surface area contributed by atoms with E-state index in [1.807, 2.05) is 13.8 Å². The lowest BCUT2D eigenvalue weighted by atomic mass is 10.1. The van der Waals surface area contributed by atoms with Gasteiger partial charge in [0.05, 0.1) is 12.5 Å². The summed E-state index contributed by atoms with van der Waals surface area (Å²) in [6.45, 7) is 5.39. The van der Waals surface area contributed by atoms with E-state index in [0.29, 0.717) is 12.5 Å². The van der Waals surface area contributed by atoms with Crippen molar-refractivity contribution in [2.75, 3.05) is 13.2 Å². The van der Waals surface area contributed by atoms with Crippen LogP contribution in [0.3, 0.4) is 0 Å². The Morgan fingerprint density at radius 3 is 2.67 bits per heavy atom. The van der Waals surface area contributed by atoms with Gasteiger partial charge in [-0.05, 0) is 26.2 Å². The van der Waals surface area contributed by atoms with Crippen molar-refractivity contribution in [3.63, 3.8) is 0 Å². The predicted octanol–water partition coefficient (Wildman–Crippen LogP) is 0.681. The molecule has 2 amide bonds. The van der Waals surface area contributed by atoms with Gasteiger partial charge in [-0.25, -0.2) is 0 Å². The van der Waals surface area contributed by atoms with Crippen LogP contribution in [0.1, 0.15) is 39.5 Å². The SMILES string of the molecule is CCC(C)N1C(=O)CC(NC2CCOCC2)C1=O. The number of imide groups is 1. The molecule has 2 rings (SSSR count). The number of nitrogens with one attached hydrogen (secondary N) is 1. The molecule has 2 unspecified atom stereocenters. The molecule has 18 heavy (non-hydrogen) atoms. The van der Waals surface area contributed by atoms with Gasteiger partial charge in [0.2, 0.25) is 11.8 Å². The Balaban J connectivity index is 1.94. The zero-order valence-electron chi connectivity index (χ0n) is 11.1. The fourth-order valence-electron chi connectivity index (χ4n) is 2.58. The lowest BCUT2D eigenvalue weighted by molar-refractivity contribution is -0.141. The van der Waals surface area contributed by atoms with Crippen molar-refractivity contribution in [2.24, 2.45) is 0 Å². The molecule has 2 aliphatic rings. The summed E-state index contributed by atoms with van der Waals surface area (Å²) < 4.78 is 5.29. The largest absolute Gasteiger partial charge is 0.381 e. The van der Waals surface area contributed by atoms with Crippen LogP contribution in [0, 0.1) is 0 Å². The number of carbonyl (C=O) groups is 2. The normalized spacial score (nSPS) is 27.9. The molecule has 2 heterocycles. The first kappa shape index (κ1) is 13.5. The third-order valence-corrected chi connectivity index (χ3v) is 3.87. The molecule has 0 aromatic rings. The van der Waals surface area contributed by atoms with Gasteiger partial charge >= 0.3 is 0 Å². The quantitative estimate of drug-likeness (QED) is 0.750. The minimum atomic E-state index is -0.324. The van der Waals surface area contributed by atoms with E-state index in [0.717, 1.165) is 32.5 Å². The van der Waals surface area contributed by atoms with Gasteiger partial charge in [0.15, 0.2) is 0 Å². The van der Waals surface area contributed by atoms with Crippen LogP contribution >= 0.6 is 0 Å². The highest BCUT2D eigenvalue weighted by Gasteiger charge is 2.41. The molecule has 0 aromatic carbocycles. The van der Waals surface area contributed by atoms with Crippen molar-refractivity contribution in [1.82, 2.24) is 10.2 Å². The summed E-state index contributed by atoms with van der Waals surface area (Å²) in [5.41, 5.74) is 0. The highest BCUT2D eigenvalue weighted by Crippen LogP contribution is 2.19. The van der Waals surface area contributed by atoms with Gasteiger partial charge < -0.3 is 10.1 Å². The minimum absolute atomic E-state index is 0.00601. The minimum Gasteiger partial charge on any atom is -0.381 e. The highest BCUT2D eigenvalue weighted by atomic mass is 16.5. The van der Waals surface area contributed by atoms with E-state index in [9.17, 15) is 9.59 Å². The van der Waals surface area contributed by atoms with Gasteiger partial charge in [-0.2, -0.15) is 0 Å². The molecule has 0 bridgehead atoms. The van der Waals surface area contributed by atoms with Gasteiger partial charge in [0.25, 0.3) is 0 Å². The van der Waals surface area contributed by atoms with Crippen LogP contribution in [0.2, 0.25) is 0 Å². The van der Waals surface area contributed by atoms with Crippen LogP contribution < -0.4 is 5.32 Å². The van der Waals surface area contributed by atoms with Crippen molar-refractivity contribution in [2.45, 2.75) is 57.7 Å². The Bertz CT molecular complexity index is 326. The van der Waals surface area contributed by atoms with E-state index in [1.54, 1.807) is 0 Å². The van der Waals surface area contributed by atoms with Gasteiger partial charge in [-0.1, -0.05) is 6.92 Å². The van der Waals surface area contributed by atoms with E-state index in [2.05, 4.69) is 5.32 Å². The van der Waals surface area contributed by atoms with Crippen molar-refractivity contribution < 1.29 is 14.3 Å². The van der Waals surface area contributed by atoms with Crippen LogP contribution in [0.4, 0.5) is 0 Å². The molecule has 5 nitrogen and oxygen atoms in total. The third-order valence-electron chi connectivity index (χ3n) is 3.87. The number of ether oxygens (including phenoxy) is 1.